The van der Waals surface area contributed by atoms with E-state index in [1.807, 2.05) is 6.92 Å². The van der Waals surface area contributed by atoms with Crippen molar-refractivity contribution in [2.45, 2.75) is 50.0 Å². The third-order valence-corrected chi connectivity index (χ3v) is 6.75. The van der Waals surface area contributed by atoms with Crippen molar-refractivity contribution in [2.24, 2.45) is 11.7 Å². The highest BCUT2D eigenvalue weighted by Crippen LogP contribution is 2.34. The summed E-state index contributed by atoms with van der Waals surface area (Å²) >= 11 is 0. The standard InChI is InChI=1S/C17H26N2O4S.ClH/c1-12-10-14(16(20)23-3)7-8-15(12)24(21,22)19-17(11-18)9-5-4-6-13(17)2;/h7-8,10,13,19H,4-6,9,11,18H2,1-3H3;1H. The number of esters is 1. The first-order valence-electron chi connectivity index (χ1n) is 8.19. The molecule has 1 fully saturated rings. The second-order valence-corrected chi connectivity index (χ2v) is 8.24. The summed E-state index contributed by atoms with van der Waals surface area (Å²) in [5.74, 6) is -0.310. The van der Waals surface area contributed by atoms with Gasteiger partial charge in [0.1, 0.15) is 0 Å². The number of aryl methyl sites for hydroxylation is 1. The van der Waals surface area contributed by atoms with Gasteiger partial charge >= 0.3 is 5.97 Å². The fraction of sp³-hybridized carbons (Fsp3) is 0.588. The smallest absolute Gasteiger partial charge is 0.337 e. The minimum absolute atomic E-state index is 0. The molecule has 8 heteroatoms. The summed E-state index contributed by atoms with van der Waals surface area (Å²) in [6.45, 7) is 3.98. The van der Waals surface area contributed by atoms with Gasteiger partial charge in [0.15, 0.2) is 0 Å². The number of ether oxygens (including phenoxy) is 1. The fourth-order valence-electron chi connectivity index (χ4n) is 3.43. The molecule has 1 aromatic rings. The minimum atomic E-state index is -3.73. The third-order valence-electron chi connectivity index (χ3n) is 5.04. The fourth-order valence-corrected chi connectivity index (χ4v) is 5.19. The molecule has 142 valence electrons. The molecule has 3 N–H and O–H groups in total. The maximum atomic E-state index is 12.9. The summed E-state index contributed by atoms with van der Waals surface area (Å²) in [5, 5.41) is 0. The molecule has 2 atom stereocenters. The number of rotatable bonds is 5. The summed E-state index contributed by atoms with van der Waals surface area (Å²) in [7, 11) is -2.43. The van der Waals surface area contributed by atoms with Crippen molar-refractivity contribution < 1.29 is 17.9 Å². The Bertz CT molecular complexity index is 723. The average molecular weight is 391 g/mol. The number of benzene rings is 1. The van der Waals surface area contributed by atoms with E-state index in [-0.39, 0.29) is 29.8 Å². The van der Waals surface area contributed by atoms with Crippen LogP contribution in [0.15, 0.2) is 23.1 Å². The van der Waals surface area contributed by atoms with Crippen molar-refractivity contribution in [1.29, 1.82) is 0 Å². The highest BCUT2D eigenvalue weighted by atomic mass is 35.5. The van der Waals surface area contributed by atoms with Crippen molar-refractivity contribution in [3.8, 4) is 0 Å². The number of sulfonamides is 1. The number of nitrogens with two attached hydrogens (primary N) is 1. The van der Waals surface area contributed by atoms with Crippen molar-refractivity contribution in [1.82, 2.24) is 4.72 Å². The van der Waals surface area contributed by atoms with E-state index in [0.717, 1.165) is 25.7 Å². The zero-order valence-electron chi connectivity index (χ0n) is 14.9. The maximum Gasteiger partial charge on any atom is 0.337 e. The Hall–Kier alpha value is -1.15. The Morgan fingerprint density at radius 1 is 1.40 bits per heavy atom. The lowest BCUT2D eigenvalue weighted by atomic mass is 9.74. The van der Waals surface area contributed by atoms with E-state index < -0.39 is 21.5 Å². The zero-order chi connectivity index (χ0) is 18.0. The van der Waals surface area contributed by atoms with Crippen molar-refractivity contribution in [2.75, 3.05) is 13.7 Å². The number of hydrogen-bond donors (Lipinski definition) is 2. The maximum absolute atomic E-state index is 12.9. The van der Waals surface area contributed by atoms with Crippen LogP contribution in [0, 0.1) is 12.8 Å². The van der Waals surface area contributed by atoms with Gasteiger partial charge in [-0.3, -0.25) is 0 Å². The second kappa shape index (κ2) is 8.49. The molecular weight excluding hydrogens is 364 g/mol. The first-order chi connectivity index (χ1) is 11.3. The van der Waals surface area contributed by atoms with E-state index >= 15 is 0 Å². The second-order valence-electron chi connectivity index (χ2n) is 6.58. The van der Waals surface area contributed by atoms with E-state index in [1.54, 1.807) is 6.92 Å². The molecule has 25 heavy (non-hydrogen) atoms. The van der Waals surface area contributed by atoms with Crippen LogP contribution in [-0.4, -0.2) is 33.6 Å². The van der Waals surface area contributed by atoms with Crippen LogP contribution in [0.5, 0.6) is 0 Å². The zero-order valence-corrected chi connectivity index (χ0v) is 16.5. The Morgan fingerprint density at radius 2 is 2.08 bits per heavy atom. The van der Waals surface area contributed by atoms with Gasteiger partial charge in [-0.15, -0.1) is 12.4 Å². The van der Waals surface area contributed by atoms with Gasteiger partial charge < -0.3 is 10.5 Å². The highest BCUT2D eigenvalue weighted by molar-refractivity contribution is 7.89. The lowest BCUT2D eigenvalue weighted by Crippen LogP contribution is -2.59. The molecule has 0 heterocycles. The van der Waals surface area contributed by atoms with Crippen LogP contribution < -0.4 is 10.5 Å². The molecule has 1 saturated carbocycles. The van der Waals surface area contributed by atoms with Crippen LogP contribution in [0.1, 0.15) is 48.5 Å². The van der Waals surface area contributed by atoms with Crippen LogP contribution in [0.2, 0.25) is 0 Å². The first kappa shape index (κ1) is 21.9. The Kier molecular flexibility index (Phi) is 7.43. The normalized spacial score (nSPS) is 23.6. The number of halogens is 1. The van der Waals surface area contributed by atoms with Gasteiger partial charge in [0.2, 0.25) is 10.0 Å². The van der Waals surface area contributed by atoms with Gasteiger partial charge in [-0.25, -0.2) is 17.9 Å². The molecule has 6 nitrogen and oxygen atoms in total. The lowest BCUT2D eigenvalue weighted by Gasteiger charge is -2.42. The molecule has 1 aromatic carbocycles. The number of methoxy groups -OCH3 is 1. The Labute approximate surface area is 156 Å². The minimum Gasteiger partial charge on any atom is -0.465 e. The first-order valence-corrected chi connectivity index (χ1v) is 9.67. The van der Waals surface area contributed by atoms with Crippen LogP contribution in [0.25, 0.3) is 0 Å². The lowest BCUT2D eigenvalue weighted by molar-refractivity contribution is 0.0600. The number of nitrogens with one attached hydrogen (secondary N) is 1. The summed E-state index contributed by atoms with van der Waals surface area (Å²) < 4.78 is 33.3. The molecule has 0 saturated heterocycles. The predicted octanol–water partition coefficient (Wildman–Crippen LogP) is 2.39. The molecular formula is C17H27ClN2O4S. The van der Waals surface area contributed by atoms with E-state index in [1.165, 1.54) is 25.3 Å². The predicted molar refractivity (Wildman–Crippen MR) is 99.5 cm³/mol. The summed E-state index contributed by atoms with van der Waals surface area (Å²) in [5.41, 5.74) is 6.17. The molecule has 2 unspecified atom stereocenters. The van der Waals surface area contributed by atoms with Gasteiger partial charge in [0, 0.05) is 12.1 Å². The Morgan fingerprint density at radius 3 is 2.60 bits per heavy atom. The molecule has 0 amide bonds. The summed E-state index contributed by atoms with van der Waals surface area (Å²) in [6.07, 6.45) is 3.75. The third kappa shape index (κ3) is 4.53. The molecule has 0 aromatic heterocycles. The van der Waals surface area contributed by atoms with E-state index in [2.05, 4.69) is 9.46 Å². The molecule has 1 aliphatic carbocycles. The monoisotopic (exact) mass is 390 g/mol. The molecule has 0 radical (unpaired) electrons. The van der Waals surface area contributed by atoms with E-state index in [9.17, 15) is 13.2 Å². The SMILES string of the molecule is COC(=O)c1ccc(S(=O)(=O)NC2(CN)CCCCC2C)c(C)c1.Cl. The van der Waals surface area contributed by atoms with Crippen LogP contribution in [0.4, 0.5) is 0 Å². The van der Waals surface area contributed by atoms with Crippen molar-refractivity contribution in [3.63, 3.8) is 0 Å². The molecule has 0 bridgehead atoms. The molecule has 1 aliphatic rings. The van der Waals surface area contributed by atoms with Crippen molar-refractivity contribution >= 4 is 28.4 Å². The number of hydrogen-bond acceptors (Lipinski definition) is 5. The van der Waals surface area contributed by atoms with Gasteiger partial charge in [-0.1, -0.05) is 19.8 Å². The highest BCUT2D eigenvalue weighted by Gasteiger charge is 2.40. The largest absolute Gasteiger partial charge is 0.465 e. The van der Waals surface area contributed by atoms with Crippen LogP contribution >= 0.6 is 12.4 Å². The van der Waals surface area contributed by atoms with Crippen LogP contribution in [-0.2, 0) is 14.8 Å². The molecule has 2 rings (SSSR count). The van der Waals surface area contributed by atoms with Crippen LogP contribution in [0.3, 0.4) is 0 Å². The molecule has 0 spiro atoms. The van der Waals surface area contributed by atoms with Gasteiger partial charge in [0.05, 0.1) is 17.6 Å². The number of carbonyl (C=O) groups excluding carboxylic acids is 1. The summed E-state index contributed by atoms with van der Waals surface area (Å²) in [6, 6.07) is 4.44. The number of carbonyl (C=O) groups is 1. The van der Waals surface area contributed by atoms with Gasteiger partial charge in [-0.05, 0) is 49.4 Å². The van der Waals surface area contributed by atoms with Gasteiger partial charge in [-0.2, -0.15) is 0 Å². The Balaban J connectivity index is 0.00000312. The van der Waals surface area contributed by atoms with Crippen molar-refractivity contribution in [3.05, 3.63) is 29.3 Å². The van der Waals surface area contributed by atoms with Gasteiger partial charge in [0.25, 0.3) is 0 Å². The summed E-state index contributed by atoms with van der Waals surface area (Å²) in [4.78, 5) is 11.7. The van der Waals surface area contributed by atoms with E-state index in [0.29, 0.717) is 11.1 Å². The van der Waals surface area contributed by atoms with E-state index in [4.69, 9.17) is 5.73 Å². The quantitative estimate of drug-likeness (QED) is 0.752. The average Bonchev–Trinajstić information content (AvgIpc) is 2.55. The topological polar surface area (TPSA) is 98.5 Å². The molecule has 0 aliphatic heterocycles.